The van der Waals surface area contributed by atoms with Crippen molar-refractivity contribution in [1.82, 2.24) is 0 Å². The molecule has 0 spiro atoms. The molecule has 0 amide bonds. The molecule has 1 fully saturated rings. The maximum Gasteiger partial charge on any atom is 0.155 e. The molecule has 0 radical (unpaired) electrons. The van der Waals surface area contributed by atoms with Gasteiger partial charge in [0.2, 0.25) is 0 Å². The molecule has 122 valence electrons. The average Bonchev–Trinajstić information content (AvgIpc) is 2.87. The zero-order valence-electron chi connectivity index (χ0n) is 12.8. The summed E-state index contributed by atoms with van der Waals surface area (Å²) in [6, 6.07) is 19.5. The third-order valence-electron chi connectivity index (χ3n) is 3.86. The highest BCUT2D eigenvalue weighted by Gasteiger charge is 2.39. The molecule has 0 aliphatic carbocycles. The Labute approximate surface area is 137 Å². The first-order chi connectivity index (χ1) is 11.1. The minimum atomic E-state index is -3.10. The fourth-order valence-corrected chi connectivity index (χ4v) is 4.41. The van der Waals surface area contributed by atoms with E-state index in [-0.39, 0.29) is 11.5 Å². The lowest BCUT2D eigenvalue weighted by Gasteiger charge is -2.19. The summed E-state index contributed by atoms with van der Waals surface area (Å²) in [4.78, 5) is 0. The Morgan fingerprint density at radius 3 is 1.52 bits per heavy atom. The van der Waals surface area contributed by atoms with Crippen LogP contribution in [0.3, 0.4) is 0 Å². The van der Waals surface area contributed by atoms with Crippen LogP contribution in [0.15, 0.2) is 60.7 Å². The summed E-state index contributed by atoms with van der Waals surface area (Å²) in [5, 5.41) is 0. The Hall–Kier alpha value is -1.69. The Balaban J connectivity index is 1.60. The van der Waals surface area contributed by atoms with Gasteiger partial charge < -0.3 is 9.47 Å². The van der Waals surface area contributed by atoms with Crippen molar-refractivity contribution >= 4 is 9.84 Å². The summed E-state index contributed by atoms with van der Waals surface area (Å²) < 4.78 is 35.5. The molecule has 1 aliphatic heterocycles. The van der Waals surface area contributed by atoms with Gasteiger partial charge in [-0.3, -0.25) is 0 Å². The van der Waals surface area contributed by atoms with E-state index in [1.165, 1.54) is 0 Å². The van der Waals surface area contributed by atoms with Crippen molar-refractivity contribution in [3.05, 3.63) is 71.8 Å². The highest BCUT2D eigenvalue weighted by Crippen LogP contribution is 2.21. The topological polar surface area (TPSA) is 52.6 Å². The van der Waals surface area contributed by atoms with Crippen molar-refractivity contribution in [3.63, 3.8) is 0 Å². The molecule has 2 unspecified atom stereocenters. The van der Waals surface area contributed by atoms with E-state index in [9.17, 15) is 8.42 Å². The van der Waals surface area contributed by atoms with Crippen LogP contribution in [-0.4, -0.2) is 32.1 Å². The molecular formula is C18H20O4S. The molecule has 4 nitrogen and oxygen atoms in total. The second-order valence-electron chi connectivity index (χ2n) is 5.75. The maximum atomic E-state index is 11.9. The molecule has 23 heavy (non-hydrogen) atoms. The summed E-state index contributed by atoms with van der Waals surface area (Å²) in [7, 11) is -3.10. The first-order valence-electron chi connectivity index (χ1n) is 7.64. The minimum absolute atomic E-state index is 0.0271. The first-order valence-corrected chi connectivity index (χ1v) is 9.46. The number of hydrogen-bond acceptors (Lipinski definition) is 4. The number of hydrogen-bond donors (Lipinski definition) is 0. The van der Waals surface area contributed by atoms with Crippen molar-refractivity contribution in [3.8, 4) is 0 Å². The highest BCUT2D eigenvalue weighted by molar-refractivity contribution is 7.91. The molecule has 2 atom stereocenters. The second kappa shape index (κ2) is 7.25. The van der Waals surface area contributed by atoms with Crippen molar-refractivity contribution in [2.45, 2.75) is 25.4 Å². The van der Waals surface area contributed by atoms with Gasteiger partial charge in [0.15, 0.2) is 9.84 Å². The molecule has 3 rings (SSSR count). The van der Waals surface area contributed by atoms with Crippen molar-refractivity contribution < 1.29 is 17.9 Å². The third kappa shape index (κ3) is 4.64. The predicted octanol–water partition coefficient (Wildman–Crippen LogP) is 2.59. The Morgan fingerprint density at radius 2 is 1.13 bits per heavy atom. The molecule has 0 aromatic heterocycles. The van der Waals surface area contributed by atoms with E-state index in [1.807, 2.05) is 60.7 Å². The zero-order chi connectivity index (χ0) is 16.1. The molecule has 0 bridgehead atoms. The van der Waals surface area contributed by atoms with E-state index in [2.05, 4.69) is 0 Å². The molecule has 1 aliphatic rings. The van der Waals surface area contributed by atoms with Gasteiger partial charge in [0.25, 0.3) is 0 Å². The lowest BCUT2D eigenvalue weighted by atomic mass is 10.2. The van der Waals surface area contributed by atoms with Crippen LogP contribution in [0.2, 0.25) is 0 Å². The van der Waals surface area contributed by atoms with Gasteiger partial charge in [-0.2, -0.15) is 0 Å². The lowest BCUT2D eigenvalue weighted by molar-refractivity contribution is -0.0591. The van der Waals surface area contributed by atoms with Crippen LogP contribution in [-0.2, 0) is 32.5 Å². The predicted molar refractivity (Wildman–Crippen MR) is 88.7 cm³/mol. The normalized spacial score (nSPS) is 23.0. The third-order valence-corrected chi connectivity index (χ3v) is 5.54. The van der Waals surface area contributed by atoms with Crippen LogP contribution in [0.4, 0.5) is 0 Å². The molecule has 2 aromatic carbocycles. The van der Waals surface area contributed by atoms with Crippen LogP contribution < -0.4 is 0 Å². The number of ether oxygens (including phenoxy) is 2. The summed E-state index contributed by atoms with van der Waals surface area (Å²) in [5.41, 5.74) is 2.05. The van der Waals surface area contributed by atoms with Crippen LogP contribution in [0.25, 0.3) is 0 Å². The zero-order valence-corrected chi connectivity index (χ0v) is 13.6. The number of benzene rings is 2. The van der Waals surface area contributed by atoms with Crippen molar-refractivity contribution in [2.75, 3.05) is 11.5 Å². The molecule has 0 N–H and O–H groups in total. The molecular weight excluding hydrogens is 312 g/mol. The van der Waals surface area contributed by atoms with Gasteiger partial charge in [0, 0.05) is 0 Å². The number of rotatable bonds is 6. The van der Waals surface area contributed by atoms with Crippen LogP contribution >= 0.6 is 0 Å². The Kier molecular flexibility index (Phi) is 5.10. The average molecular weight is 332 g/mol. The van der Waals surface area contributed by atoms with E-state index in [0.29, 0.717) is 13.2 Å². The summed E-state index contributed by atoms with van der Waals surface area (Å²) >= 11 is 0. The van der Waals surface area contributed by atoms with Crippen LogP contribution in [0, 0.1) is 0 Å². The van der Waals surface area contributed by atoms with E-state index < -0.39 is 22.0 Å². The van der Waals surface area contributed by atoms with E-state index in [0.717, 1.165) is 11.1 Å². The minimum Gasteiger partial charge on any atom is -0.370 e. The lowest BCUT2D eigenvalue weighted by Crippen LogP contribution is -2.29. The summed E-state index contributed by atoms with van der Waals surface area (Å²) in [6.07, 6.45) is -0.826. The summed E-state index contributed by atoms with van der Waals surface area (Å²) in [5.74, 6) is 0.0541. The van der Waals surface area contributed by atoms with E-state index >= 15 is 0 Å². The first kappa shape index (κ1) is 16.2. The molecule has 1 heterocycles. The standard InChI is InChI=1S/C18H20O4S/c19-23(20)13-17(21-11-15-7-3-1-4-8-15)18(14-23)22-12-16-9-5-2-6-10-16/h1-10,17-18H,11-14H2. The van der Waals surface area contributed by atoms with Gasteiger partial charge in [0.1, 0.15) is 0 Å². The number of sulfone groups is 1. The smallest absolute Gasteiger partial charge is 0.155 e. The highest BCUT2D eigenvalue weighted by atomic mass is 32.2. The largest absolute Gasteiger partial charge is 0.370 e. The fraction of sp³-hybridized carbons (Fsp3) is 0.333. The van der Waals surface area contributed by atoms with Crippen molar-refractivity contribution in [1.29, 1.82) is 0 Å². The van der Waals surface area contributed by atoms with Gasteiger partial charge in [-0.05, 0) is 11.1 Å². The van der Waals surface area contributed by atoms with Gasteiger partial charge in [-0.15, -0.1) is 0 Å². The fourth-order valence-electron chi connectivity index (χ4n) is 2.65. The molecule has 0 saturated carbocycles. The SMILES string of the molecule is O=S1(=O)CC(OCc2ccccc2)C(OCc2ccccc2)C1. The monoisotopic (exact) mass is 332 g/mol. The van der Waals surface area contributed by atoms with Gasteiger partial charge in [0.05, 0.1) is 36.9 Å². The van der Waals surface area contributed by atoms with Crippen LogP contribution in [0.1, 0.15) is 11.1 Å². The molecule has 5 heteroatoms. The second-order valence-corrected chi connectivity index (χ2v) is 7.90. The van der Waals surface area contributed by atoms with E-state index in [4.69, 9.17) is 9.47 Å². The Bertz CT molecular complexity index is 656. The maximum absolute atomic E-state index is 11.9. The quantitative estimate of drug-likeness (QED) is 0.816. The van der Waals surface area contributed by atoms with Crippen LogP contribution in [0.5, 0.6) is 0 Å². The van der Waals surface area contributed by atoms with Gasteiger partial charge in [-0.1, -0.05) is 60.7 Å². The van der Waals surface area contributed by atoms with Gasteiger partial charge >= 0.3 is 0 Å². The molecule has 2 aromatic rings. The van der Waals surface area contributed by atoms with Gasteiger partial charge in [-0.25, -0.2) is 8.42 Å². The molecule has 1 saturated heterocycles. The Morgan fingerprint density at radius 1 is 0.739 bits per heavy atom. The van der Waals surface area contributed by atoms with E-state index in [1.54, 1.807) is 0 Å². The van der Waals surface area contributed by atoms with Crippen molar-refractivity contribution in [2.24, 2.45) is 0 Å². The summed E-state index contributed by atoms with van der Waals surface area (Å²) in [6.45, 7) is 0.790.